The summed E-state index contributed by atoms with van der Waals surface area (Å²) in [6.07, 6.45) is 0. The van der Waals surface area contributed by atoms with Gasteiger partial charge in [0.2, 0.25) is 10.0 Å². The maximum Gasteiger partial charge on any atom is 0.240 e. The summed E-state index contributed by atoms with van der Waals surface area (Å²) in [5.41, 5.74) is 0.509. The third-order valence-corrected chi connectivity index (χ3v) is 3.96. The first kappa shape index (κ1) is 14.4. The standard InChI is InChI=1S/C11H16ClNO3S/c1-8(2)6-13-17(15,16)10-4-3-9(7-14)11(12)5-10/h3-5,8,13-14H,6-7H2,1-2H3. The fourth-order valence-electron chi connectivity index (χ4n) is 1.18. The Morgan fingerprint density at radius 1 is 1.41 bits per heavy atom. The summed E-state index contributed by atoms with van der Waals surface area (Å²) in [5, 5.41) is 9.19. The highest BCUT2D eigenvalue weighted by Gasteiger charge is 2.15. The number of nitrogens with one attached hydrogen (secondary N) is 1. The molecule has 0 unspecified atom stereocenters. The summed E-state index contributed by atoms with van der Waals surface area (Å²) in [4.78, 5) is 0.111. The monoisotopic (exact) mass is 277 g/mol. The van der Waals surface area contributed by atoms with Crippen LogP contribution in [0.25, 0.3) is 0 Å². The van der Waals surface area contributed by atoms with Crippen LogP contribution in [-0.4, -0.2) is 20.1 Å². The number of halogens is 1. The van der Waals surface area contributed by atoms with Gasteiger partial charge in [-0.2, -0.15) is 0 Å². The Balaban J connectivity index is 2.96. The van der Waals surface area contributed by atoms with Crippen LogP contribution in [0.3, 0.4) is 0 Å². The largest absolute Gasteiger partial charge is 0.392 e. The smallest absolute Gasteiger partial charge is 0.240 e. The van der Waals surface area contributed by atoms with Crippen molar-refractivity contribution in [2.75, 3.05) is 6.54 Å². The summed E-state index contributed by atoms with van der Waals surface area (Å²) < 4.78 is 26.2. The van der Waals surface area contributed by atoms with Gasteiger partial charge in [-0.15, -0.1) is 0 Å². The summed E-state index contributed by atoms with van der Waals surface area (Å²) in [5.74, 6) is 0.233. The fraction of sp³-hybridized carbons (Fsp3) is 0.455. The zero-order valence-corrected chi connectivity index (χ0v) is 11.3. The molecule has 0 saturated heterocycles. The van der Waals surface area contributed by atoms with Crippen molar-refractivity contribution in [2.24, 2.45) is 5.92 Å². The molecule has 0 radical (unpaired) electrons. The fourth-order valence-corrected chi connectivity index (χ4v) is 2.73. The Hall–Kier alpha value is -0.620. The molecule has 0 heterocycles. The highest BCUT2D eigenvalue weighted by molar-refractivity contribution is 7.89. The molecule has 0 aliphatic heterocycles. The van der Waals surface area contributed by atoms with Gasteiger partial charge in [0.1, 0.15) is 0 Å². The van der Waals surface area contributed by atoms with Gasteiger partial charge in [-0.25, -0.2) is 13.1 Å². The van der Waals surface area contributed by atoms with E-state index in [1.54, 1.807) is 0 Å². The molecular weight excluding hydrogens is 262 g/mol. The zero-order chi connectivity index (χ0) is 13.1. The molecule has 0 saturated carbocycles. The maximum atomic E-state index is 11.9. The Morgan fingerprint density at radius 3 is 2.53 bits per heavy atom. The minimum absolute atomic E-state index is 0.111. The maximum absolute atomic E-state index is 11.9. The lowest BCUT2D eigenvalue weighted by Gasteiger charge is -2.10. The van der Waals surface area contributed by atoms with Gasteiger partial charge in [-0.1, -0.05) is 31.5 Å². The average molecular weight is 278 g/mol. The second-order valence-corrected chi connectivity index (χ2v) is 6.33. The lowest BCUT2D eigenvalue weighted by atomic mass is 10.2. The molecule has 0 bridgehead atoms. The minimum atomic E-state index is -3.52. The van der Waals surface area contributed by atoms with Crippen LogP contribution in [0.4, 0.5) is 0 Å². The molecule has 6 heteroatoms. The summed E-state index contributed by atoms with van der Waals surface area (Å²) in [7, 11) is -3.52. The van der Waals surface area contributed by atoms with E-state index in [0.29, 0.717) is 12.1 Å². The quantitative estimate of drug-likeness (QED) is 0.862. The van der Waals surface area contributed by atoms with Gasteiger partial charge in [0, 0.05) is 11.6 Å². The third-order valence-electron chi connectivity index (χ3n) is 2.19. The van der Waals surface area contributed by atoms with Crippen molar-refractivity contribution in [3.63, 3.8) is 0 Å². The van der Waals surface area contributed by atoms with Crippen LogP contribution in [0.1, 0.15) is 19.4 Å². The number of hydrogen-bond donors (Lipinski definition) is 2. The van der Waals surface area contributed by atoms with Gasteiger partial charge in [-0.05, 0) is 23.6 Å². The second kappa shape index (κ2) is 5.82. The third kappa shape index (κ3) is 3.96. The molecule has 0 aromatic heterocycles. The van der Waals surface area contributed by atoms with E-state index in [9.17, 15) is 8.42 Å². The molecule has 0 amide bonds. The van der Waals surface area contributed by atoms with E-state index in [0.717, 1.165) is 0 Å². The number of hydrogen-bond acceptors (Lipinski definition) is 3. The number of aliphatic hydroxyl groups excluding tert-OH is 1. The van der Waals surface area contributed by atoms with Gasteiger partial charge >= 0.3 is 0 Å². The first-order valence-corrected chi connectivity index (χ1v) is 7.12. The molecule has 0 fully saturated rings. The molecule has 96 valence electrons. The Morgan fingerprint density at radius 2 is 2.06 bits per heavy atom. The van der Waals surface area contributed by atoms with Crippen molar-refractivity contribution >= 4 is 21.6 Å². The van der Waals surface area contributed by atoms with E-state index in [1.807, 2.05) is 13.8 Å². The predicted molar refractivity (Wildman–Crippen MR) is 67.4 cm³/mol. The van der Waals surface area contributed by atoms with Crippen molar-refractivity contribution in [1.29, 1.82) is 0 Å². The van der Waals surface area contributed by atoms with E-state index >= 15 is 0 Å². The molecule has 2 N–H and O–H groups in total. The second-order valence-electron chi connectivity index (χ2n) is 4.16. The van der Waals surface area contributed by atoms with E-state index < -0.39 is 10.0 Å². The van der Waals surface area contributed by atoms with Crippen molar-refractivity contribution < 1.29 is 13.5 Å². The highest BCUT2D eigenvalue weighted by atomic mass is 35.5. The van der Waals surface area contributed by atoms with E-state index in [4.69, 9.17) is 16.7 Å². The molecule has 1 rings (SSSR count). The van der Waals surface area contributed by atoms with Crippen molar-refractivity contribution in [2.45, 2.75) is 25.3 Å². The van der Waals surface area contributed by atoms with Crippen LogP contribution in [0, 0.1) is 5.92 Å². The van der Waals surface area contributed by atoms with Crippen LogP contribution in [0.15, 0.2) is 23.1 Å². The zero-order valence-electron chi connectivity index (χ0n) is 9.77. The van der Waals surface area contributed by atoms with Crippen LogP contribution in [-0.2, 0) is 16.6 Å². The summed E-state index contributed by atoms with van der Waals surface area (Å²) >= 11 is 5.85. The molecule has 0 aliphatic rings. The number of sulfonamides is 1. The van der Waals surface area contributed by atoms with E-state index in [-0.39, 0.29) is 22.4 Å². The highest BCUT2D eigenvalue weighted by Crippen LogP contribution is 2.20. The molecule has 1 aromatic carbocycles. The molecular formula is C11H16ClNO3S. The predicted octanol–water partition coefficient (Wildman–Crippen LogP) is 1.77. The van der Waals surface area contributed by atoms with Gasteiger partial charge in [-0.3, -0.25) is 0 Å². The molecule has 0 aliphatic carbocycles. The van der Waals surface area contributed by atoms with Crippen LogP contribution < -0.4 is 4.72 Å². The van der Waals surface area contributed by atoms with Gasteiger partial charge in [0.15, 0.2) is 0 Å². The normalized spacial score (nSPS) is 12.1. The van der Waals surface area contributed by atoms with Crippen LogP contribution >= 0.6 is 11.6 Å². The first-order chi connectivity index (χ1) is 7.86. The SMILES string of the molecule is CC(C)CNS(=O)(=O)c1ccc(CO)c(Cl)c1. The Labute approximate surface area is 107 Å². The van der Waals surface area contributed by atoms with Crippen molar-refractivity contribution in [3.8, 4) is 0 Å². The minimum Gasteiger partial charge on any atom is -0.392 e. The van der Waals surface area contributed by atoms with Crippen LogP contribution in [0.2, 0.25) is 5.02 Å². The van der Waals surface area contributed by atoms with Gasteiger partial charge in [0.05, 0.1) is 11.5 Å². The first-order valence-electron chi connectivity index (χ1n) is 5.25. The van der Waals surface area contributed by atoms with Crippen molar-refractivity contribution in [1.82, 2.24) is 4.72 Å². The molecule has 1 aromatic rings. The molecule has 4 nitrogen and oxygen atoms in total. The molecule has 17 heavy (non-hydrogen) atoms. The number of aliphatic hydroxyl groups is 1. The average Bonchev–Trinajstić information content (AvgIpc) is 2.26. The van der Waals surface area contributed by atoms with Gasteiger partial charge in [0.25, 0.3) is 0 Å². The van der Waals surface area contributed by atoms with E-state index in [1.165, 1.54) is 18.2 Å². The Kier molecular flexibility index (Phi) is 4.94. The summed E-state index contributed by atoms with van der Waals surface area (Å²) in [6.45, 7) is 4.01. The lowest BCUT2D eigenvalue weighted by Crippen LogP contribution is -2.27. The Bertz CT molecular complexity index is 485. The number of rotatable bonds is 5. The summed E-state index contributed by atoms with van der Waals surface area (Å²) in [6, 6.07) is 4.28. The topological polar surface area (TPSA) is 66.4 Å². The molecule has 0 spiro atoms. The lowest BCUT2D eigenvalue weighted by molar-refractivity contribution is 0.282. The molecule has 0 atom stereocenters. The van der Waals surface area contributed by atoms with Crippen molar-refractivity contribution in [3.05, 3.63) is 28.8 Å². The number of benzene rings is 1. The van der Waals surface area contributed by atoms with Crippen LogP contribution in [0.5, 0.6) is 0 Å². The van der Waals surface area contributed by atoms with Gasteiger partial charge < -0.3 is 5.11 Å². The van der Waals surface area contributed by atoms with E-state index in [2.05, 4.69) is 4.72 Å².